The van der Waals surface area contributed by atoms with E-state index in [4.69, 9.17) is 34.1 Å². The predicted octanol–water partition coefficient (Wildman–Crippen LogP) is 2.93. The molecule has 0 fully saturated rings. The molecule has 5 heteroatoms. The van der Waals surface area contributed by atoms with E-state index in [0.717, 1.165) is 0 Å². The summed E-state index contributed by atoms with van der Waals surface area (Å²) in [4.78, 5) is 9.26. The molecule has 0 spiro atoms. The van der Waals surface area contributed by atoms with Crippen molar-refractivity contribution in [1.82, 2.24) is 0 Å². The zero-order valence-electron chi connectivity index (χ0n) is 5.39. The van der Waals surface area contributed by atoms with E-state index in [1.807, 2.05) is 0 Å². The first-order chi connectivity index (χ1) is 5.02. The van der Waals surface area contributed by atoms with Crippen LogP contribution in [0.4, 0.5) is 0 Å². The third kappa shape index (κ3) is 2.47. The molecule has 1 aromatic carbocycles. The predicted molar refractivity (Wildman–Crippen MR) is 53.3 cm³/mol. The zero-order valence-corrected chi connectivity index (χ0v) is 8.66. The summed E-state index contributed by atoms with van der Waals surface area (Å²) >= 11 is 16.8. The molecule has 0 saturated carbocycles. The molecular formula is C6H6Cl3OP. The van der Waals surface area contributed by atoms with Gasteiger partial charge in [0.1, 0.15) is 0 Å². The van der Waals surface area contributed by atoms with E-state index in [9.17, 15) is 4.89 Å². The van der Waals surface area contributed by atoms with Crippen molar-refractivity contribution in [2.45, 2.75) is 0 Å². The molecule has 0 heterocycles. The second kappa shape index (κ2) is 3.47. The van der Waals surface area contributed by atoms with Gasteiger partial charge in [-0.25, -0.2) is 0 Å². The van der Waals surface area contributed by atoms with E-state index in [1.165, 1.54) is 0 Å². The maximum atomic E-state index is 9.26. The molecule has 62 valence electrons. The van der Waals surface area contributed by atoms with Crippen LogP contribution < -0.4 is 5.30 Å². The number of halogens is 3. The second-order valence-electron chi connectivity index (χ2n) is 2.02. The van der Waals surface area contributed by atoms with Crippen molar-refractivity contribution >= 4 is 45.6 Å². The van der Waals surface area contributed by atoms with Gasteiger partial charge in [0.25, 0.3) is 0 Å². The number of benzene rings is 1. The Morgan fingerprint density at radius 2 is 1.73 bits per heavy atom. The minimum atomic E-state index is -3.27. The van der Waals surface area contributed by atoms with Gasteiger partial charge < -0.3 is 0 Å². The van der Waals surface area contributed by atoms with Crippen molar-refractivity contribution in [3.05, 3.63) is 29.3 Å². The van der Waals surface area contributed by atoms with E-state index in [-0.39, 0.29) is 0 Å². The van der Waals surface area contributed by atoms with Crippen LogP contribution in [0.15, 0.2) is 24.3 Å². The standard InChI is InChI=1S/C6H6Cl3OP/c7-5-3-1-2-4-6(5)11(8,9)10/h1-4,10-11H. The third-order valence-corrected chi connectivity index (χ3v) is 3.99. The molecule has 0 saturated heterocycles. The molecule has 0 aromatic heterocycles. The van der Waals surface area contributed by atoms with Crippen LogP contribution in [0.3, 0.4) is 0 Å². The molecule has 1 rings (SSSR count). The molecule has 1 nitrogen and oxygen atoms in total. The molecule has 1 N–H and O–H groups in total. The molecule has 0 atom stereocenters. The SMILES string of the molecule is O[PH](Cl)(Cl)c1ccccc1Cl. The van der Waals surface area contributed by atoms with Gasteiger partial charge >= 0.3 is 79.8 Å². The quantitative estimate of drug-likeness (QED) is 0.737. The van der Waals surface area contributed by atoms with Crippen molar-refractivity contribution in [3.8, 4) is 0 Å². The van der Waals surface area contributed by atoms with Gasteiger partial charge in [0, 0.05) is 0 Å². The summed E-state index contributed by atoms with van der Waals surface area (Å²) in [5.74, 6) is 0. The third-order valence-electron chi connectivity index (χ3n) is 1.20. The topological polar surface area (TPSA) is 20.2 Å². The van der Waals surface area contributed by atoms with Crippen molar-refractivity contribution in [2.75, 3.05) is 0 Å². The summed E-state index contributed by atoms with van der Waals surface area (Å²) < 4.78 is 0. The molecule has 0 bridgehead atoms. The summed E-state index contributed by atoms with van der Waals surface area (Å²) in [5.41, 5.74) is 0. The Bertz CT molecular complexity index is 258. The van der Waals surface area contributed by atoms with Gasteiger partial charge in [-0.05, 0) is 0 Å². The number of hydrogen-bond acceptors (Lipinski definition) is 1. The van der Waals surface area contributed by atoms with Gasteiger partial charge in [0.05, 0.1) is 0 Å². The molecule has 0 unspecified atom stereocenters. The minimum absolute atomic E-state index is 0.409. The Morgan fingerprint density at radius 3 is 2.09 bits per heavy atom. The van der Waals surface area contributed by atoms with Crippen molar-refractivity contribution in [3.63, 3.8) is 0 Å². The van der Waals surface area contributed by atoms with Crippen molar-refractivity contribution in [2.24, 2.45) is 0 Å². The Morgan fingerprint density at radius 1 is 1.18 bits per heavy atom. The first-order valence-electron chi connectivity index (χ1n) is 2.87. The molecule has 0 aliphatic carbocycles. The van der Waals surface area contributed by atoms with Crippen molar-refractivity contribution < 1.29 is 4.89 Å². The molecule has 0 aliphatic heterocycles. The summed E-state index contributed by atoms with van der Waals surface area (Å²) in [6, 6.07) is 6.73. The van der Waals surface area contributed by atoms with Crippen LogP contribution in [0, 0.1) is 0 Å². The first kappa shape index (κ1) is 9.57. The Kier molecular flexibility index (Phi) is 3.02. The Balaban J connectivity index is 3.14. The monoisotopic (exact) mass is 230 g/mol. The second-order valence-corrected chi connectivity index (χ2v) is 7.91. The van der Waals surface area contributed by atoms with Gasteiger partial charge in [-0.15, -0.1) is 0 Å². The number of hydrogen-bond donors (Lipinski definition) is 1. The van der Waals surface area contributed by atoms with Crippen LogP contribution in [0.5, 0.6) is 0 Å². The van der Waals surface area contributed by atoms with Crippen LogP contribution >= 0.6 is 40.3 Å². The van der Waals surface area contributed by atoms with Gasteiger partial charge in [0.15, 0.2) is 0 Å². The van der Waals surface area contributed by atoms with Gasteiger partial charge in [-0.3, -0.25) is 0 Å². The normalized spacial score (nSPS) is 13.1. The van der Waals surface area contributed by atoms with E-state index >= 15 is 0 Å². The van der Waals surface area contributed by atoms with E-state index in [2.05, 4.69) is 0 Å². The number of rotatable bonds is 1. The molecule has 1 aromatic rings. The maximum absolute atomic E-state index is 9.26. The average Bonchev–Trinajstić information content (AvgIpc) is 1.86. The van der Waals surface area contributed by atoms with Gasteiger partial charge in [-0.2, -0.15) is 0 Å². The Labute approximate surface area is 79.9 Å². The van der Waals surface area contributed by atoms with Crippen LogP contribution in [0.1, 0.15) is 0 Å². The fourth-order valence-electron chi connectivity index (χ4n) is 0.705. The van der Waals surface area contributed by atoms with Crippen LogP contribution in [0.2, 0.25) is 5.02 Å². The summed E-state index contributed by atoms with van der Waals surface area (Å²) in [6.07, 6.45) is -3.27. The van der Waals surface area contributed by atoms with Crippen LogP contribution in [-0.2, 0) is 0 Å². The van der Waals surface area contributed by atoms with E-state index in [0.29, 0.717) is 10.3 Å². The Hall–Kier alpha value is 0.480. The average molecular weight is 231 g/mol. The summed E-state index contributed by atoms with van der Waals surface area (Å²) in [7, 11) is 0. The summed E-state index contributed by atoms with van der Waals surface area (Å²) in [6.45, 7) is 0. The fraction of sp³-hybridized carbons (Fsp3) is 0. The van der Waals surface area contributed by atoms with E-state index < -0.39 is 6.19 Å². The van der Waals surface area contributed by atoms with Gasteiger partial charge in [0.2, 0.25) is 0 Å². The molecule has 11 heavy (non-hydrogen) atoms. The zero-order chi connectivity index (χ0) is 8.48. The van der Waals surface area contributed by atoms with Crippen LogP contribution in [0.25, 0.3) is 0 Å². The van der Waals surface area contributed by atoms with E-state index in [1.54, 1.807) is 24.3 Å². The first-order valence-corrected chi connectivity index (χ1v) is 7.22. The van der Waals surface area contributed by atoms with Crippen molar-refractivity contribution in [1.29, 1.82) is 0 Å². The van der Waals surface area contributed by atoms with Crippen LogP contribution in [-0.4, -0.2) is 4.89 Å². The fourth-order valence-corrected chi connectivity index (χ4v) is 3.20. The van der Waals surface area contributed by atoms with Gasteiger partial charge in [-0.1, -0.05) is 0 Å². The molecule has 0 aliphatic rings. The molecule has 0 radical (unpaired) electrons. The molecule has 0 amide bonds. The molecular weight excluding hydrogens is 225 g/mol. The summed E-state index contributed by atoms with van der Waals surface area (Å²) in [5, 5.41) is 0.844.